The molecular formula is C15H25NS. The molecule has 0 bridgehead atoms. The van der Waals surface area contributed by atoms with Crippen LogP contribution in [0.25, 0.3) is 0 Å². The highest BCUT2D eigenvalue weighted by molar-refractivity contribution is 7.80. The summed E-state index contributed by atoms with van der Waals surface area (Å²) in [6, 6.07) is 8.66. The van der Waals surface area contributed by atoms with Crippen molar-refractivity contribution in [3.8, 4) is 0 Å². The number of nitrogens with zero attached hydrogens (tertiary/aromatic N) is 1. The van der Waals surface area contributed by atoms with Crippen LogP contribution in [0.1, 0.15) is 26.3 Å². The van der Waals surface area contributed by atoms with Crippen LogP contribution in [0.2, 0.25) is 0 Å². The molecule has 1 atom stereocenters. The summed E-state index contributed by atoms with van der Waals surface area (Å²) in [6.07, 6.45) is 0. The molecule has 0 radical (unpaired) electrons. The lowest BCUT2D eigenvalue weighted by atomic mass is 9.81. The molecule has 0 saturated heterocycles. The van der Waals surface area contributed by atoms with Gasteiger partial charge in [-0.3, -0.25) is 0 Å². The maximum absolute atomic E-state index is 4.49. The van der Waals surface area contributed by atoms with Gasteiger partial charge in [-0.05, 0) is 41.7 Å². The number of rotatable bonds is 4. The molecule has 0 spiro atoms. The van der Waals surface area contributed by atoms with Gasteiger partial charge in [0, 0.05) is 19.3 Å². The van der Waals surface area contributed by atoms with Crippen LogP contribution < -0.4 is 4.90 Å². The number of hydrogen-bond donors (Lipinski definition) is 1. The van der Waals surface area contributed by atoms with E-state index in [0.29, 0.717) is 11.3 Å². The lowest BCUT2D eigenvalue weighted by molar-refractivity contribution is 0.272. The summed E-state index contributed by atoms with van der Waals surface area (Å²) in [5, 5.41) is 0. The van der Waals surface area contributed by atoms with E-state index >= 15 is 0 Å². The van der Waals surface area contributed by atoms with Crippen LogP contribution >= 0.6 is 12.6 Å². The zero-order valence-electron chi connectivity index (χ0n) is 11.7. The molecule has 0 aliphatic heterocycles. The van der Waals surface area contributed by atoms with E-state index in [1.807, 2.05) is 0 Å². The van der Waals surface area contributed by atoms with Gasteiger partial charge in [0.15, 0.2) is 0 Å². The lowest BCUT2D eigenvalue weighted by Crippen LogP contribution is -2.34. The molecule has 0 amide bonds. The van der Waals surface area contributed by atoms with Crippen molar-refractivity contribution in [2.24, 2.45) is 11.3 Å². The number of hydrogen-bond acceptors (Lipinski definition) is 2. The van der Waals surface area contributed by atoms with Gasteiger partial charge >= 0.3 is 0 Å². The first-order valence-electron chi connectivity index (χ1n) is 6.23. The van der Waals surface area contributed by atoms with Gasteiger partial charge in [0.05, 0.1) is 0 Å². The smallest absolute Gasteiger partial charge is 0.0366 e. The minimum Gasteiger partial charge on any atom is -0.374 e. The summed E-state index contributed by atoms with van der Waals surface area (Å²) >= 11 is 4.49. The fourth-order valence-electron chi connectivity index (χ4n) is 1.91. The zero-order chi connectivity index (χ0) is 13.1. The van der Waals surface area contributed by atoms with Crippen molar-refractivity contribution in [1.29, 1.82) is 0 Å². The Morgan fingerprint density at radius 2 is 1.94 bits per heavy atom. The second-order valence-corrected chi connectivity index (χ2v) is 6.33. The van der Waals surface area contributed by atoms with Crippen LogP contribution in [0.5, 0.6) is 0 Å². The fraction of sp³-hybridized carbons (Fsp3) is 0.600. The molecule has 1 aromatic rings. The minimum atomic E-state index is 0.305. The van der Waals surface area contributed by atoms with Crippen LogP contribution in [-0.2, 0) is 0 Å². The first kappa shape index (κ1) is 14.4. The fourth-order valence-corrected chi connectivity index (χ4v) is 2.57. The predicted molar refractivity (Wildman–Crippen MR) is 81.2 cm³/mol. The normalized spacial score (nSPS) is 13.5. The second-order valence-electron chi connectivity index (χ2n) is 5.97. The van der Waals surface area contributed by atoms with E-state index in [1.165, 1.54) is 11.3 Å². The van der Waals surface area contributed by atoms with Gasteiger partial charge in [0.1, 0.15) is 0 Å². The van der Waals surface area contributed by atoms with E-state index in [-0.39, 0.29) is 0 Å². The first-order chi connectivity index (χ1) is 7.84. The Hall–Kier alpha value is -0.630. The lowest BCUT2D eigenvalue weighted by Gasteiger charge is -2.34. The highest BCUT2D eigenvalue weighted by Gasteiger charge is 2.24. The third-order valence-electron chi connectivity index (χ3n) is 3.38. The molecule has 1 unspecified atom stereocenters. The highest BCUT2D eigenvalue weighted by Crippen LogP contribution is 2.28. The van der Waals surface area contributed by atoms with Crippen molar-refractivity contribution in [3.63, 3.8) is 0 Å². The average Bonchev–Trinajstić information content (AvgIpc) is 2.23. The third-order valence-corrected chi connectivity index (χ3v) is 3.82. The van der Waals surface area contributed by atoms with Crippen LogP contribution in [0.3, 0.4) is 0 Å². The maximum atomic E-state index is 4.49. The monoisotopic (exact) mass is 251 g/mol. The second kappa shape index (κ2) is 5.81. The van der Waals surface area contributed by atoms with Gasteiger partial charge in [0.25, 0.3) is 0 Å². The van der Waals surface area contributed by atoms with Crippen LogP contribution in [0.15, 0.2) is 24.3 Å². The van der Waals surface area contributed by atoms with Gasteiger partial charge < -0.3 is 4.90 Å². The molecule has 0 heterocycles. The van der Waals surface area contributed by atoms with Crippen molar-refractivity contribution in [1.82, 2.24) is 0 Å². The Morgan fingerprint density at radius 3 is 2.41 bits per heavy atom. The van der Waals surface area contributed by atoms with E-state index in [2.05, 4.69) is 76.5 Å². The minimum absolute atomic E-state index is 0.305. The SMILES string of the molecule is Cc1cccc(N(C)CC(CS)C(C)(C)C)c1. The van der Waals surface area contributed by atoms with Crippen molar-refractivity contribution in [3.05, 3.63) is 29.8 Å². The molecule has 0 saturated carbocycles. The quantitative estimate of drug-likeness (QED) is 0.791. The van der Waals surface area contributed by atoms with E-state index in [0.717, 1.165) is 12.3 Å². The molecule has 96 valence electrons. The molecule has 0 aliphatic carbocycles. The highest BCUT2D eigenvalue weighted by atomic mass is 32.1. The molecule has 0 N–H and O–H groups in total. The molecular weight excluding hydrogens is 226 g/mol. The van der Waals surface area contributed by atoms with Crippen molar-refractivity contribution in [2.75, 3.05) is 24.2 Å². The van der Waals surface area contributed by atoms with Crippen molar-refractivity contribution in [2.45, 2.75) is 27.7 Å². The van der Waals surface area contributed by atoms with Crippen LogP contribution in [-0.4, -0.2) is 19.3 Å². The van der Waals surface area contributed by atoms with Crippen molar-refractivity contribution < 1.29 is 0 Å². The number of thiol groups is 1. The summed E-state index contributed by atoms with van der Waals surface area (Å²) < 4.78 is 0. The van der Waals surface area contributed by atoms with Crippen molar-refractivity contribution >= 4 is 18.3 Å². The summed E-state index contributed by atoms with van der Waals surface area (Å²) in [5.41, 5.74) is 2.91. The number of benzene rings is 1. The molecule has 17 heavy (non-hydrogen) atoms. The molecule has 0 aliphatic rings. The standard InChI is InChI=1S/C15H25NS/c1-12-7-6-8-14(9-12)16(5)10-13(11-17)15(2,3)4/h6-9,13,17H,10-11H2,1-5H3. The Bertz CT molecular complexity index is 354. The van der Waals surface area contributed by atoms with E-state index in [4.69, 9.17) is 0 Å². The van der Waals surface area contributed by atoms with E-state index < -0.39 is 0 Å². The zero-order valence-corrected chi connectivity index (χ0v) is 12.6. The topological polar surface area (TPSA) is 3.24 Å². The Balaban J connectivity index is 2.74. The Kier molecular flexibility index (Phi) is 4.93. The van der Waals surface area contributed by atoms with Gasteiger partial charge in [-0.1, -0.05) is 32.9 Å². The van der Waals surface area contributed by atoms with E-state index in [1.54, 1.807) is 0 Å². The van der Waals surface area contributed by atoms with Gasteiger partial charge in [-0.2, -0.15) is 12.6 Å². The predicted octanol–water partition coefficient (Wildman–Crippen LogP) is 4.02. The maximum Gasteiger partial charge on any atom is 0.0366 e. The largest absolute Gasteiger partial charge is 0.374 e. The summed E-state index contributed by atoms with van der Waals surface area (Å²) in [6.45, 7) is 10.1. The van der Waals surface area contributed by atoms with Gasteiger partial charge in [0.2, 0.25) is 0 Å². The molecule has 0 aromatic heterocycles. The molecule has 0 fully saturated rings. The summed E-state index contributed by atoms with van der Waals surface area (Å²) in [7, 11) is 2.16. The molecule has 1 rings (SSSR count). The van der Waals surface area contributed by atoms with Crippen LogP contribution in [0.4, 0.5) is 5.69 Å². The Labute approximate surface area is 112 Å². The number of anilines is 1. The number of aryl methyl sites for hydroxylation is 1. The van der Waals surface area contributed by atoms with Gasteiger partial charge in [-0.15, -0.1) is 0 Å². The average molecular weight is 251 g/mol. The summed E-state index contributed by atoms with van der Waals surface area (Å²) in [4.78, 5) is 2.33. The van der Waals surface area contributed by atoms with Crippen LogP contribution in [0, 0.1) is 18.3 Å². The molecule has 1 aromatic carbocycles. The van der Waals surface area contributed by atoms with E-state index in [9.17, 15) is 0 Å². The Morgan fingerprint density at radius 1 is 1.29 bits per heavy atom. The summed E-state index contributed by atoms with van der Waals surface area (Å²) in [5.74, 6) is 1.52. The van der Waals surface area contributed by atoms with Gasteiger partial charge in [-0.25, -0.2) is 0 Å². The third kappa shape index (κ3) is 4.27. The molecule has 1 nitrogen and oxygen atoms in total. The molecule has 2 heteroatoms. The first-order valence-corrected chi connectivity index (χ1v) is 6.86.